The summed E-state index contributed by atoms with van der Waals surface area (Å²) < 4.78 is 29.0. The molecule has 4 heteroatoms. The zero-order chi connectivity index (χ0) is 9.40. The highest BCUT2D eigenvalue weighted by Crippen LogP contribution is 1.92. The Kier molecular flexibility index (Phi) is 6.28. The minimum atomic E-state index is -3.67. The SMILES string of the molecule is FC(F)F.S=Cc1ccccc1. The molecule has 66 valence electrons. The number of hydrogen-bond donors (Lipinski definition) is 0. The largest absolute Gasteiger partial charge is 0.379 e. The average molecular weight is 192 g/mol. The summed E-state index contributed by atoms with van der Waals surface area (Å²) in [7, 11) is 0. The van der Waals surface area contributed by atoms with E-state index >= 15 is 0 Å². The van der Waals surface area contributed by atoms with Crippen LogP contribution in [0.1, 0.15) is 5.56 Å². The van der Waals surface area contributed by atoms with Gasteiger partial charge in [-0.2, -0.15) is 13.2 Å². The molecule has 0 N–H and O–H groups in total. The third-order valence-electron chi connectivity index (χ3n) is 0.936. The van der Waals surface area contributed by atoms with E-state index in [0.29, 0.717) is 0 Å². The standard InChI is InChI=1S/C7H6S.CHF3/c8-6-7-4-2-1-3-5-7;2-1(3)4/h1-6H;1H. The highest BCUT2D eigenvalue weighted by molar-refractivity contribution is 7.79. The fraction of sp³-hybridized carbons (Fsp3) is 0.125. The van der Waals surface area contributed by atoms with Crippen LogP contribution < -0.4 is 0 Å². The minimum absolute atomic E-state index is 1.10. The van der Waals surface area contributed by atoms with Crippen molar-refractivity contribution in [2.75, 3.05) is 0 Å². The van der Waals surface area contributed by atoms with E-state index in [0.717, 1.165) is 5.56 Å². The van der Waals surface area contributed by atoms with Crippen molar-refractivity contribution in [3.8, 4) is 0 Å². The minimum Gasteiger partial charge on any atom is -0.174 e. The molecule has 0 aliphatic carbocycles. The second-order valence-corrected chi connectivity index (χ2v) is 2.01. The molecule has 0 aliphatic rings. The Labute approximate surface area is 74.0 Å². The number of benzene rings is 1. The maximum atomic E-state index is 9.67. The number of alkyl halides is 3. The Hall–Kier alpha value is -0.900. The topological polar surface area (TPSA) is 0 Å². The molecule has 0 aromatic heterocycles. The normalized spacial score (nSPS) is 8.67. The summed E-state index contributed by atoms with van der Waals surface area (Å²) in [6.07, 6.45) is 0. The lowest BCUT2D eigenvalue weighted by Gasteiger charge is -1.84. The summed E-state index contributed by atoms with van der Waals surface area (Å²) in [6, 6.07) is 9.87. The molecule has 0 fully saturated rings. The van der Waals surface area contributed by atoms with Crippen molar-refractivity contribution in [1.29, 1.82) is 0 Å². The van der Waals surface area contributed by atoms with Crippen LogP contribution in [0.5, 0.6) is 0 Å². The van der Waals surface area contributed by atoms with Gasteiger partial charge in [-0.15, -0.1) is 0 Å². The molecule has 0 bridgehead atoms. The molecule has 0 spiro atoms. The summed E-state index contributed by atoms with van der Waals surface area (Å²) >= 11 is 4.69. The van der Waals surface area contributed by atoms with Crippen LogP contribution >= 0.6 is 12.2 Å². The Morgan fingerprint density at radius 1 is 1.08 bits per heavy atom. The van der Waals surface area contributed by atoms with Gasteiger partial charge in [0.1, 0.15) is 0 Å². The lowest BCUT2D eigenvalue weighted by atomic mass is 10.2. The first-order valence-electron chi connectivity index (χ1n) is 3.09. The molecule has 0 unspecified atom stereocenters. The molecular weight excluding hydrogens is 185 g/mol. The van der Waals surface area contributed by atoms with Crippen molar-refractivity contribution in [1.82, 2.24) is 0 Å². The van der Waals surface area contributed by atoms with Crippen molar-refractivity contribution >= 4 is 17.6 Å². The molecule has 0 atom stereocenters. The molecule has 1 aromatic carbocycles. The first kappa shape index (κ1) is 11.1. The summed E-state index contributed by atoms with van der Waals surface area (Å²) in [5, 5.41) is 1.67. The van der Waals surface area contributed by atoms with Crippen molar-refractivity contribution < 1.29 is 13.2 Å². The van der Waals surface area contributed by atoms with Gasteiger partial charge in [0, 0.05) is 5.37 Å². The Morgan fingerprint density at radius 3 is 1.75 bits per heavy atom. The van der Waals surface area contributed by atoms with Crippen molar-refractivity contribution in [2.45, 2.75) is 6.68 Å². The summed E-state index contributed by atoms with van der Waals surface area (Å²) in [6.45, 7) is -3.67. The van der Waals surface area contributed by atoms with Crippen molar-refractivity contribution in [3.63, 3.8) is 0 Å². The molecule has 0 radical (unpaired) electrons. The maximum Gasteiger partial charge on any atom is 0.379 e. The fourth-order valence-electron chi connectivity index (χ4n) is 0.532. The highest BCUT2D eigenvalue weighted by atomic mass is 32.1. The van der Waals surface area contributed by atoms with Gasteiger partial charge in [0.2, 0.25) is 0 Å². The van der Waals surface area contributed by atoms with E-state index in [9.17, 15) is 13.2 Å². The molecule has 0 nitrogen and oxygen atoms in total. The van der Waals surface area contributed by atoms with Crippen LogP contribution in [0.3, 0.4) is 0 Å². The quantitative estimate of drug-likeness (QED) is 0.615. The molecule has 0 saturated heterocycles. The maximum absolute atomic E-state index is 9.67. The smallest absolute Gasteiger partial charge is 0.174 e. The van der Waals surface area contributed by atoms with E-state index in [1.54, 1.807) is 5.37 Å². The van der Waals surface area contributed by atoms with Gasteiger partial charge in [0.25, 0.3) is 0 Å². The Morgan fingerprint density at radius 2 is 1.50 bits per heavy atom. The molecule has 0 aliphatic heterocycles. The fourth-order valence-corrected chi connectivity index (χ4v) is 0.689. The van der Waals surface area contributed by atoms with Gasteiger partial charge in [-0.3, -0.25) is 0 Å². The lowest BCUT2D eigenvalue weighted by molar-refractivity contribution is 0.00819. The van der Waals surface area contributed by atoms with Gasteiger partial charge in [-0.05, 0) is 5.56 Å². The van der Waals surface area contributed by atoms with Crippen LogP contribution in [0, 0.1) is 0 Å². The van der Waals surface area contributed by atoms with E-state index in [-0.39, 0.29) is 0 Å². The van der Waals surface area contributed by atoms with Crippen LogP contribution in [-0.2, 0) is 0 Å². The molecule has 1 aromatic rings. The molecule has 0 saturated carbocycles. The Balaban J connectivity index is 0.000000261. The molecule has 1 rings (SSSR count). The number of halogens is 3. The van der Waals surface area contributed by atoms with Crippen LogP contribution in [0.25, 0.3) is 0 Å². The van der Waals surface area contributed by atoms with Crippen LogP contribution in [0.4, 0.5) is 13.2 Å². The molecule has 0 amide bonds. The van der Waals surface area contributed by atoms with E-state index in [1.165, 1.54) is 0 Å². The van der Waals surface area contributed by atoms with Crippen LogP contribution in [0.2, 0.25) is 0 Å². The van der Waals surface area contributed by atoms with Crippen molar-refractivity contribution in [2.24, 2.45) is 0 Å². The summed E-state index contributed by atoms with van der Waals surface area (Å²) in [4.78, 5) is 0. The second kappa shape index (κ2) is 6.79. The van der Waals surface area contributed by atoms with Crippen LogP contribution in [-0.4, -0.2) is 12.0 Å². The number of hydrogen-bond acceptors (Lipinski definition) is 1. The number of thiocarbonyl (C=S) groups is 1. The van der Waals surface area contributed by atoms with Gasteiger partial charge in [0.05, 0.1) is 0 Å². The molecule has 0 heterocycles. The van der Waals surface area contributed by atoms with E-state index < -0.39 is 6.68 Å². The van der Waals surface area contributed by atoms with Gasteiger partial charge in [0.15, 0.2) is 0 Å². The summed E-state index contributed by atoms with van der Waals surface area (Å²) in [5.74, 6) is 0. The van der Waals surface area contributed by atoms with E-state index in [1.807, 2.05) is 30.3 Å². The average Bonchev–Trinajstić information content (AvgIpc) is 2.05. The third-order valence-corrected chi connectivity index (χ3v) is 1.21. The van der Waals surface area contributed by atoms with E-state index in [4.69, 9.17) is 12.2 Å². The highest BCUT2D eigenvalue weighted by Gasteiger charge is 1.86. The summed E-state index contributed by atoms with van der Waals surface area (Å²) in [5.41, 5.74) is 1.10. The Bertz CT molecular complexity index is 208. The van der Waals surface area contributed by atoms with Gasteiger partial charge in [-0.25, -0.2) is 0 Å². The molecule has 12 heavy (non-hydrogen) atoms. The monoisotopic (exact) mass is 192 g/mol. The third kappa shape index (κ3) is 7.21. The predicted molar refractivity (Wildman–Crippen MR) is 46.3 cm³/mol. The van der Waals surface area contributed by atoms with Gasteiger partial charge < -0.3 is 0 Å². The second-order valence-electron chi connectivity index (χ2n) is 1.78. The van der Waals surface area contributed by atoms with Gasteiger partial charge in [-0.1, -0.05) is 42.5 Å². The molecular formula is C8H7F3S. The number of rotatable bonds is 1. The lowest BCUT2D eigenvalue weighted by Crippen LogP contribution is -1.71. The van der Waals surface area contributed by atoms with Crippen molar-refractivity contribution in [3.05, 3.63) is 35.9 Å². The zero-order valence-corrected chi connectivity index (χ0v) is 6.90. The van der Waals surface area contributed by atoms with E-state index in [2.05, 4.69) is 0 Å². The first-order chi connectivity index (χ1) is 5.66. The van der Waals surface area contributed by atoms with Gasteiger partial charge >= 0.3 is 6.68 Å². The predicted octanol–water partition coefficient (Wildman–Crippen LogP) is 3.21. The zero-order valence-electron chi connectivity index (χ0n) is 6.08. The first-order valence-corrected chi connectivity index (χ1v) is 3.56. The van der Waals surface area contributed by atoms with Crippen LogP contribution in [0.15, 0.2) is 30.3 Å².